The van der Waals surface area contributed by atoms with Crippen molar-refractivity contribution < 1.29 is 10.2 Å². The minimum Gasteiger partial charge on any atom is -0.396 e. The Balaban J connectivity index is 2.73. The molecule has 104 valence electrons. The predicted octanol–water partition coefficient (Wildman–Crippen LogP) is 1.62. The zero-order chi connectivity index (χ0) is 13.9. The SMILES string of the molecule is CCN(CCCO)Cc1ccccc1C#CCCO. The lowest BCUT2D eigenvalue weighted by atomic mass is 10.1. The molecule has 0 saturated carbocycles. The van der Waals surface area contributed by atoms with Gasteiger partial charge >= 0.3 is 0 Å². The normalized spacial score (nSPS) is 10.3. The number of hydrogen-bond donors (Lipinski definition) is 2. The molecular formula is C16H23NO2. The Morgan fingerprint density at radius 3 is 2.63 bits per heavy atom. The highest BCUT2D eigenvalue weighted by Gasteiger charge is 2.05. The number of aliphatic hydroxyl groups excluding tert-OH is 2. The fraction of sp³-hybridized carbons (Fsp3) is 0.500. The van der Waals surface area contributed by atoms with Crippen LogP contribution in [0.5, 0.6) is 0 Å². The van der Waals surface area contributed by atoms with Crippen LogP contribution in [0.2, 0.25) is 0 Å². The van der Waals surface area contributed by atoms with E-state index in [0.29, 0.717) is 6.42 Å². The largest absolute Gasteiger partial charge is 0.396 e. The summed E-state index contributed by atoms with van der Waals surface area (Å²) in [4.78, 5) is 2.29. The Morgan fingerprint density at radius 1 is 1.16 bits per heavy atom. The number of nitrogens with zero attached hydrogens (tertiary/aromatic N) is 1. The smallest absolute Gasteiger partial charge is 0.0540 e. The topological polar surface area (TPSA) is 43.7 Å². The Bertz CT molecular complexity index is 420. The van der Waals surface area contributed by atoms with Crippen molar-refractivity contribution in [2.45, 2.75) is 26.3 Å². The first-order chi connectivity index (χ1) is 9.31. The summed E-state index contributed by atoms with van der Waals surface area (Å²) in [7, 11) is 0. The fourth-order valence-corrected chi connectivity index (χ4v) is 1.88. The first-order valence-corrected chi connectivity index (χ1v) is 6.82. The highest BCUT2D eigenvalue weighted by Crippen LogP contribution is 2.11. The summed E-state index contributed by atoms with van der Waals surface area (Å²) < 4.78 is 0. The lowest BCUT2D eigenvalue weighted by Crippen LogP contribution is -2.25. The molecule has 0 fully saturated rings. The molecule has 0 aromatic heterocycles. The molecular weight excluding hydrogens is 238 g/mol. The maximum Gasteiger partial charge on any atom is 0.0540 e. The molecule has 0 saturated heterocycles. The Labute approximate surface area is 115 Å². The van der Waals surface area contributed by atoms with Crippen LogP contribution in [0.1, 0.15) is 30.9 Å². The second kappa shape index (κ2) is 9.57. The minimum atomic E-state index is 0.104. The molecule has 0 aliphatic carbocycles. The lowest BCUT2D eigenvalue weighted by Gasteiger charge is -2.20. The van der Waals surface area contributed by atoms with Crippen LogP contribution in [0.4, 0.5) is 0 Å². The van der Waals surface area contributed by atoms with E-state index >= 15 is 0 Å². The van der Waals surface area contributed by atoms with Crippen molar-refractivity contribution in [3.05, 3.63) is 35.4 Å². The summed E-state index contributed by atoms with van der Waals surface area (Å²) in [5.74, 6) is 6.08. The summed E-state index contributed by atoms with van der Waals surface area (Å²) in [6, 6.07) is 8.10. The van der Waals surface area contributed by atoms with Crippen LogP contribution in [0, 0.1) is 11.8 Å². The second-order valence-corrected chi connectivity index (χ2v) is 4.38. The second-order valence-electron chi connectivity index (χ2n) is 4.38. The highest BCUT2D eigenvalue weighted by atomic mass is 16.3. The zero-order valence-electron chi connectivity index (χ0n) is 11.6. The number of hydrogen-bond acceptors (Lipinski definition) is 3. The summed E-state index contributed by atoms with van der Waals surface area (Å²) in [5.41, 5.74) is 2.23. The van der Waals surface area contributed by atoms with Gasteiger partial charge in [-0.3, -0.25) is 4.90 Å². The molecule has 19 heavy (non-hydrogen) atoms. The van der Waals surface area contributed by atoms with E-state index in [9.17, 15) is 0 Å². The molecule has 0 bridgehead atoms. The summed E-state index contributed by atoms with van der Waals surface area (Å²) in [6.45, 7) is 5.16. The molecule has 0 aliphatic rings. The quantitative estimate of drug-likeness (QED) is 0.733. The van der Waals surface area contributed by atoms with Gasteiger partial charge in [0.15, 0.2) is 0 Å². The van der Waals surface area contributed by atoms with Crippen LogP contribution in [0.3, 0.4) is 0 Å². The average Bonchev–Trinajstić information content (AvgIpc) is 2.45. The Hall–Kier alpha value is -1.34. The van der Waals surface area contributed by atoms with Gasteiger partial charge in [0.1, 0.15) is 0 Å². The maximum atomic E-state index is 8.90. The van der Waals surface area contributed by atoms with Crippen LogP contribution in [0.25, 0.3) is 0 Å². The van der Waals surface area contributed by atoms with Crippen molar-refractivity contribution in [1.29, 1.82) is 0 Å². The van der Waals surface area contributed by atoms with E-state index in [-0.39, 0.29) is 13.2 Å². The van der Waals surface area contributed by atoms with E-state index in [1.807, 2.05) is 18.2 Å². The van der Waals surface area contributed by atoms with E-state index in [0.717, 1.165) is 31.6 Å². The minimum absolute atomic E-state index is 0.104. The molecule has 0 radical (unpaired) electrons. The van der Waals surface area contributed by atoms with E-state index in [1.54, 1.807) is 0 Å². The number of aliphatic hydroxyl groups is 2. The van der Waals surface area contributed by atoms with E-state index in [2.05, 4.69) is 29.7 Å². The van der Waals surface area contributed by atoms with Gasteiger partial charge in [-0.1, -0.05) is 37.0 Å². The van der Waals surface area contributed by atoms with Crippen LogP contribution in [-0.4, -0.2) is 41.4 Å². The van der Waals surface area contributed by atoms with Crippen LogP contribution >= 0.6 is 0 Å². The van der Waals surface area contributed by atoms with Crippen molar-refractivity contribution in [3.8, 4) is 11.8 Å². The summed E-state index contributed by atoms with van der Waals surface area (Å²) >= 11 is 0. The molecule has 0 aliphatic heterocycles. The van der Waals surface area contributed by atoms with E-state index < -0.39 is 0 Å². The first-order valence-electron chi connectivity index (χ1n) is 6.82. The zero-order valence-corrected chi connectivity index (χ0v) is 11.6. The molecule has 3 heteroatoms. The van der Waals surface area contributed by atoms with Gasteiger partial charge in [0, 0.05) is 31.7 Å². The molecule has 0 unspecified atom stereocenters. The van der Waals surface area contributed by atoms with Crippen molar-refractivity contribution >= 4 is 0 Å². The Kier molecular flexibility index (Phi) is 7.92. The van der Waals surface area contributed by atoms with Gasteiger partial charge < -0.3 is 10.2 Å². The molecule has 1 aromatic rings. The van der Waals surface area contributed by atoms with Gasteiger partial charge in [-0.2, -0.15) is 0 Å². The van der Waals surface area contributed by atoms with Crippen LogP contribution in [-0.2, 0) is 6.54 Å². The maximum absolute atomic E-state index is 8.90. The van der Waals surface area contributed by atoms with E-state index in [4.69, 9.17) is 10.2 Å². The standard InChI is InChI=1S/C16H23NO2/c1-2-17(11-7-13-19)14-16-10-4-3-8-15(16)9-5-6-12-18/h3-4,8,10,18-19H,2,6-7,11-14H2,1H3. The molecule has 0 spiro atoms. The van der Waals surface area contributed by atoms with Gasteiger partial charge in [-0.15, -0.1) is 0 Å². The molecule has 1 aromatic carbocycles. The van der Waals surface area contributed by atoms with Crippen LogP contribution < -0.4 is 0 Å². The lowest BCUT2D eigenvalue weighted by molar-refractivity contribution is 0.225. The third-order valence-corrected chi connectivity index (χ3v) is 2.95. The first kappa shape index (κ1) is 15.7. The third-order valence-electron chi connectivity index (χ3n) is 2.95. The van der Waals surface area contributed by atoms with Crippen LogP contribution in [0.15, 0.2) is 24.3 Å². The van der Waals surface area contributed by atoms with Crippen molar-refractivity contribution in [2.75, 3.05) is 26.3 Å². The number of benzene rings is 1. The van der Waals surface area contributed by atoms with Crippen molar-refractivity contribution in [1.82, 2.24) is 4.90 Å². The van der Waals surface area contributed by atoms with Gasteiger partial charge in [0.25, 0.3) is 0 Å². The molecule has 2 N–H and O–H groups in total. The summed E-state index contributed by atoms with van der Waals surface area (Å²) in [6.07, 6.45) is 1.31. The molecule has 0 atom stereocenters. The highest BCUT2D eigenvalue weighted by molar-refractivity contribution is 5.41. The number of rotatable bonds is 7. The van der Waals surface area contributed by atoms with Crippen molar-refractivity contribution in [3.63, 3.8) is 0 Å². The van der Waals surface area contributed by atoms with Crippen molar-refractivity contribution in [2.24, 2.45) is 0 Å². The molecule has 0 amide bonds. The monoisotopic (exact) mass is 261 g/mol. The van der Waals surface area contributed by atoms with Gasteiger partial charge in [-0.05, 0) is 24.6 Å². The third kappa shape index (κ3) is 5.89. The Morgan fingerprint density at radius 2 is 1.95 bits per heavy atom. The van der Waals surface area contributed by atoms with Gasteiger partial charge in [0.05, 0.1) is 6.61 Å². The predicted molar refractivity (Wildman–Crippen MR) is 77.7 cm³/mol. The fourth-order valence-electron chi connectivity index (χ4n) is 1.88. The van der Waals surface area contributed by atoms with Gasteiger partial charge in [-0.25, -0.2) is 0 Å². The average molecular weight is 261 g/mol. The van der Waals surface area contributed by atoms with E-state index in [1.165, 1.54) is 5.56 Å². The molecule has 1 rings (SSSR count). The molecule has 3 nitrogen and oxygen atoms in total. The molecule has 0 heterocycles. The van der Waals surface area contributed by atoms with Gasteiger partial charge in [0.2, 0.25) is 0 Å². The summed E-state index contributed by atoms with van der Waals surface area (Å²) in [5, 5.41) is 17.7.